The molecule has 0 radical (unpaired) electrons. The number of hydrogen-bond acceptors (Lipinski definition) is 5. The number of rotatable bonds is 3. The second-order valence-electron chi connectivity index (χ2n) is 3.19. The summed E-state index contributed by atoms with van der Waals surface area (Å²) in [6.45, 7) is 1.96. The lowest BCUT2D eigenvalue weighted by atomic mass is 10.3. The van der Waals surface area contributed by atoms with Crippen molar-refractivity contribution in [2.75, 3.05) is 7.05 Å². The van der Waals surface area contributed by atoms with Crippen molar-refractivity contribution >= 4 is 0 Å². The van der Waals surface area contributed by atoms with Crippen LogP contribution in [-0.4, -0.2) is 22.2 Å². The molecule has 0 aliphatic heterocycles. The summed E-state index contributed by atoms with van der Waals surface area (Å²) in [5, 5.41) is 11.0. The third kappa shape index (κ3) is 2.02. The van der Waals surface area contributed by atoms with Crippen LogP contribution in [0.5, 0.6) is 0 Å². The molecule has 0 aromatic carbocycles. The number of nitrogens with one attached hydrogen (secondary N) is 1. The average Bonchev–Trinajstić information content (AvgIpc) is 2.78. The average molecular weight is 204 g/mol. The molecule has 1 N–H and O–H groups in total. The molecule has 5 nitrogen and oxygen atoms in total. The van der Waals surface area contributed by atoms with Crippen LogP contribution in [0.2, 0.25) is 0 Å². The van der Waals surface area contributed by atoms with E-state index >= 15 is 0 Å². The highest BCUT2D eigenvalue weighted by Crippen LogP contribution is 2.19. The molecule has 2 rings (SSSR count). The van der Waals surface area contributed by atoms with Gasteiger partial charge in [-0.25, -0.2) is 0 Å². The maximum Gasteiger partial charge on any atom is 0.247 e. The van der Waals surface area contributed by atoms with E-state index < -0.39 is 0 Å². The molecular weight excluding hydrogens is 192 g/mol. The fourth-order valence-corrected chi connectivity index (χ4v) is 1.14. The van der Waals surface area contributed by atoms with Crippen LogP contribution in [-0.2, 0) is 0 Å². The molecule has 0 saturated heterocycles. The van der Waals surface area contributed by atoms with Gasteiger partial charge in [0.2, 0.25) is 11.8 Å². The number of aromatic nitrogens is 3. The molecule has 2 aromatic rings. The van der Waals surface area contributed by atoms with Crippen molar-refractivity contribution in [2.45, 2.75) is 13.0 Å². The first-order valence-corrected chi connectivity index (χ1v) is 4.72. The third-order valence-electron chi connectivity index (χ3n) is 2.17. The van der Waals surface area contributed by atoms with Crippen molar-refractivity contribution in [1.29, 1.82) is 0 Å². The molecule has 1 unspecified atom stereocenters. The Balaban J connectivity index is 2.28. The third-order valence-corrected chi connectivity index (χ3v) is 2.17. The summed E-state index contributed by atoms with van der Waals surface area (Å²) in [5.74, 6) is 1.11. The van der Waals surface area contributed by atoms with Gasteiger partial charge in [0.15, 0.2) is 0 Å². The monoisotopic (exact) mass is 204 g/mol. The van der Waals surface area contributed by atoms with E-state index in [-0.39, 0.29) is 6.04 Å². The van der Waals surface area contributed by atoms with E-state index in [0.29, 0.717) is 11.8 Å². The molecule has 0 amide bonds. The van der Waals surface area contributed by atoms with E-state index in [9.17, 15) is 0 Å². The van der Waals surface area contributed by atoms with E-state index in [0.717, 1.165) is 5.56 Å². The first-order valence-electron chi connectivity index (χ1n) is 4.72. The zero-order valence-electron chi connectivity index (χ0n) is 8.64. The van der Waals surface area contributed by atoms with Crippen molar-refractivity contribution < 1.29 is 4.42 Å². The van der Waals surface area contributed by atoms with Crippen LogP contribution < -0.4 is 5.32 Å². The Morgan fingerprint density at radius 1 is 1.27 bits per heavy atom. The van der Waals surface area contributed by atoms with Gasteiger partial charge in [0, 0.05) is 18.0 Å². The topological polar surface area (TPSA) is 63.8 Å². The Kier molecular flexibility index (Phi) is 2.73. The second kappa shape index (κ2) is 4.18. The normalized spacial score (nSPS) is 12.7. The van der Waals surface area contributed by atoms with Crippen LogP contribution in [0.3, 0.4) is 0 Å². The van der Waals surface area contributed by atoms with Crippen molar-refractivity contribution in [3.8, 4) is 11.5 Å². The number of pyridine rings is 1. The minimum Gasteiger partial charge on any atom is -0.419 e. The van der Waals surface area contributed by atoms with Crippen LogP contribution in [0.15, 0.2) is 28.9 Å². The summed E-state index contributed by atoms with van der Waals surface area (Å²) in [5.41, 5.74) is 0.882. The maximum atomic E-state index is 5.51. The van der Waals surface area contributed by atoms with Gasteiger partial charge in [0.25, 0.3) is 0 Å². The quantitative estimate of drug-likeness (QED) is 0.819. The largest absolute Gasteiger partial charge is 0.419 e. The lowest BCUT2D eigenvalue weighted by molar-refractivity contribution is 0.441. The van der Waals surface area contributed by atoms with Gasteiger partial charge < -0.3 is 9.73 Å². The first kappa shape index (κ1) is 9.79. The van der Waals surface area contributed by atoms with Crippen molar-refractivity contribution in [2.24, 2.45) is 0 Å². The van der Waals surface area contributed by atoms with Gasteiger partial charge in [0.05, 0.1) is 6.04 Å². The zero-order chi connectivity index (χ0) is 10.7. The Labute approximate surface area is 87.6 Å². The van der Waals surface area contributed by atoms with E-state index in [1.807, 2.05) is 26.1 Å². The van der Waals surface area contributed by atoms with E-state index in [1.165, 1.54) is 0 Å². The smallest absolute Gasteiger partial charge is 0.247 e. The van der Waals surface area contributed by atoms with Crippen LogP contribution in [0.1, 0.15) is 18.9 Å². The number of hydrogen-bond donors (Lipinski definition) is 1. The molecule has 2 heterocycles. The summed E-state index contributed by atoms with van der Waals surface area (Å²) in [7, 11) is 1.85. The predicted molar refractivity (Wildman–Crippen MR) is 55.0 cm³/mol. The molecule has 0 fully saturated rings. The van der Waals surface area contributed by atoms with Crippen LogP contribution >= 0.6 is 0 Å². The predicted octanol–water partition coefficient (Wildman–Crippen LogP) is 1.41. The standard InChI is InChI=1S/C10H12N4O/c1-7(11-2)9-13-14-10(15-9)8-3-5-12-6-4-8/h3-7,11H,1-2H3. The Morgan fingerprint density at radius 3 is 2.67 bits per heavy atom. The molecule has 15 heavy (non-hydrogen) atoms. The molecule has 0 bridgehead atoms. The van der Waals surface area contributed by atoms with Crippen molar-refractivity contribution in [3.05, 3.63) is 30.4 Å². The summed E-state index contributed by atoms with van der Waals surface area (Å²) in [4.78, 5) is 3.93. The molecule has 78 valence electrons. The summed E-state index contributed by atoms with van der Waals surface area (Å²) >= 11 is 0. The van der Waals surface area contributed by atoms with E-state index in [2.05, 4.69) is 20.5 Å². The molecule has 0 aliphatic rings. The van der Waals surface area contributed by atoms with Crippen LogP contribution in [0, 0.1) is 0 Å². The van der Waals surface area contributed by atoms with Crippen molar-refractivity contribution in [1.82, 2.24) is 20.5 Å². The second-order valence-corrected chi connectivity index (χ2v) is 3.19. The highest BCUT2D eigenvalue weighted by atomic mass is 16.4. The van der Waals surface area contributed by atoms with Gasteiger partial charge >= 0.3 is 0 Å². The summed E-state index contributed by atoms with van der Waals surface area (Å²) in [6.07, 6.45) is 3.39. The highest BCUT2D eigenvalue weighted by molar-refractivity contribution is 5.50. The molecule has 0 spiro atoms. The minimum atomic E-state index is 0.0630. The summed E-state index contributed by atoms with van der Waals surface area (Å²) in [6, 6.07) is 3.73. The highest BCUT2D eigenvalue weighted by Gasteiger charge is 2.12. The van der Waals surface area contributed by atoms with Crippen LogP contribution in [0.25, 0.3) is 11.5 Å². The van der Waals surface area contributed by atoms with E-state index in [1.54, 1.807) is 12.4 Å². The van der Waals surface area contributed by atoms with Gasteiger partial charge in [-0.15, -0.1) is 10.2 Å². The number of nitrogens with zero attached hydrogens (tertiary/aromatic N) is 3. The molecule has 0 saturated carbocycles. The Bertz CT molecular complexity index is 426. The fraction of sp³-hybridized carbons (Fsp3) is 0.300. The first-order chi connectivity index (χ1) is 7.31. The van der Waals surface area contributed by atoms with Gasteiger partial charge in [-0.2, -0.15) is 0 Å². The minimum absolute atomic E-state index is 0.0630. The Morgan fingerprint density at radius 2 is 2.00 bits per heavy atom. The summed E-state index contributed by atoms with van der Waals surface area (Å²) < 4.78 is 5.51. The lowest BCUT2D eigenvalue weighted by Crippen LogP contribution is -2.12. The van der Waals surface area contributed by atoms with Gasteiger partial charge in [-0.3, -0.25) is 4.98 Å². The van der Waals surface area contributed by atoms with Crippen molar-refractivity contribution in [3.63, 3.8) is 0 Å². The maximum absolute atomic E-state index is 5.51. The van der Waals surface area contributed by atoms with Gasteiger partial charge in [-0.1, -0.05) is 0 Å². The Hall–Kier alpha value is -1.75. The molecule has 1 atom stereocenters. The SMILES string of the molecule is CNC(C)c1nnc(-c2ccncc2)o1. The lowest BCUT2D eigenvalue weighted by Gasteiger charge is -2.02. The molecule has 5 heteroatoms. The zero-order valence-corrected chi connectivity index (χ0v) is 8.64. The molecular formula is C10H12N4O. The van der Waals surface area contributed by atoms with Gasteiger partial charge in [-0.05, 0) is 26.1 Å². The van der Waals surface area contributed by atoms with Crippen LogP contribution in [0.4, 0.5) is 0 Å². The molecule has 2 aromatic heterocycles. The van der Waals surface area contributed by atoms with E-state index in [4.69, 9.17) is 4.42 Å². The van der Waals surface area contributed by atoms with Gasteiger partial charge in [0.1, 0.15) is 0 Å². The molecule has 0 aliphatic carbocycles. The fourth-order valence-electron chi connectivity index (χ4n) is 1.14.